The summed E-state index contributed by atoms with van der Waals surface area (Å²) in [5.41, 5.74) is -1.30. The smallest absolute Gasteiger partial charge is 0.316 e. The summed E-state index contributed by atoms with van der Waals surface area (Å²) in [5.74, 6) is -2.12. The Bertz CT molecular complexity index is 725. The standard InChI is InChI=1S/C19H22O5/c1-9-7-18-8-10(9)3-4-11(18)19-6-5-12(20)17(2,16(23)24-19)14(19)13(18)15(21)22/h5-6,10-14,20H,1,3-4,7-8H2,2H3,(H,21,22)/t10-,11+,12-,13+,14+,17+,18-,19+/m0/s1. The Kier molecular flexibility index (Phi) is 2.42. The van der Waals surface area contributed by atoms with Gasteiger partial charge in [-0.2, -0.15) is 0 Å². The van der Waals surface area contributed by atoms with Gasteiger partial charge in [-0.1, -0.05) is 18.2 Å². The van der Waals surface area contributed by atoms with E-state index >= 15 is 0 Å². The van der Waals surface area contributed by atoms with Gasteiger partial charge in [0.25, 0.3) is 0 Å². The fourth-order valence-corrected chi connectivity index (χ4v) is 7.14. The van der Waals surface area contributed by atoms with Crippen LogP contribution in [0.1, 0.15) is 32.6 Å². The summed E-state index contributed by atoms with van der Waals surface area (Å²) < 4.78 is 5.92. The summed E-state index contributed by atoms with van der Waals surface area (Å²) >= 11 is 0. The minimum Gasteiger partial charge on any atom is -0.481 e. The van der Waals surface area contributed by atoms with Crippen molar-refractivity contribution in [3.05, 3.63) is 24.3 Å². The van der Waals surface area contributed by atoms with Gasteiger partial charge in [0, 0.05) is 11.8 Å². The molecule has 1 heterocycles. The van der Waals surface area contributed by atoms with Gasteiger partial charge in [0.2, 0.25) is 0 Å². The topological polar surface area (TPSA) is 83.8 Å². The second-order valence-corrected chi connectivity index (χ2v) is 8.72. The molecule has 8 atom stereocenters. The molecule has 5 nitrogen and oxygen atoms in total. The van der Waals surface area contributed by atoms with Crippen LogP contribution >= 0.6 is 0 Å². The number of hydrogen-bond acceptors (Lipinski definition) is 4. The van der Waals surface area contributed by atoms with Crippen LogP contribution in [-0.2, 0) is 14.3 Å². The molecule has 5 rings (SSSR count). The maximum absolute atomic E-state index is 12.7. The molecule has 0 radical (unpaired) electrons. The third-order valence-corrected chi connectivity index (χ3v) is 8.02. The Hall–Kier alpha value is -1.62. The van der Waals surface area contributed by atoms with E-state index in [0.717, 1.165) is 24.8 Å². The summed E-state index contributed by atoms with van der Waals surface area (Å²) in [6.45, 7) is 5.88. The molecule has 5 aliphatic rings. The molecule has 0 amide bonds. The van der Waals surface area contributed by atoms with E-state index in [1.165, 1.54) is 0 Å². The lowest BCUT2D eigenvalue weighted by Crippen LogP contribution is -2.50. The van der Waals surface area contributed by atoms with E-state index < -0.39 is 46.3 Å². The van der Waals surface area contributed by atoms with Crippen LogP contribution in [0.25, 0.3) is 0 Å². The van der Waals surface area contributed by atoms with E-state index in [1.807, 2.05) is 6.08 Å². The first kappa shape index (κ1) is 14.7. The normalized spacial score (nSPS) is 56.8. The van der Waals surface area contributed by atoms with E-state index in [9.17, 15) is 19.8 Å². The molecule has 3 saturated carbocycles. The number of hydrogen-bond donors (Lipinski definition) is 2. The van der Waals surface area contributed by atoms with Gasteiger partial charge in [-0.15, -0.1) is 0 Å². The molecule has 0 aromatic rings. The Morgan fingerprint density at radius 3 is 2.88 bits per heavy atom. The Morgan fingerprint density at radius 2 is 2.17 bits per heavy atom. The third kappa shape index (κ3) is 1.25. The number of carbonyl (C=O) groups excluding carboxylic acids is 1. The second kappa shape index (κ2) is 3.96. The average Bonchev–Trinajstić information content (AvgIpc) is 2.98. The first-order chi connectivity index (χ1) is 11.3. The summed E-state index contributed by atoms with van der Waals surface area (Å²) in [4.78, 5) is 25.0. The Labute approximate surface area is 140 Å². The number of fused-ring (bicyclic) bond motifs is 1. The molecule has 4 bridgehead atoms. The molecular weight excluding hydrogens is 308 g/mol. The van der Waals surface area contributed by atoms with Gasteiger partial charge in [0.15, 0.2) is 0 Å². The SMILES string of the molecule is C=C1C[C@]23C[C@@H]1CC[C@H]2[C@@]12C=C[C@H](O)[C@@](C)(C(=O)O1)[C@H]2[C@@H]3C(=O)O. The zero-order chi connectivity index (χ0) is 17.1. The molecule has 2 N–H and O–H groups in total. The van der Waals surface area contributed by atoms with E-state index in [-0.39, 0.29) is 5.92 Å². The first-order valence-corrected chi connectivity index (χ1v) is 8.79. The van der Waals surface area contributed by atoms with Crippen molar-refractivity contribution >= 4 is 11.9 Å². The van der Waals surface area contributed by atoms with Crippen molar-refractivity contribution in [3.63, 3.8) is 0 Å². The third-order valence-electron chi connectivity index (χ3n) is 8.02. The number of carboxylic acids is 1. The van der Waals surface area contributed by atoms with E-state index in [2.05, 4.69) is 6.58 Å². The number of rotatable bonds is 1. The van der Waals surface area contributed by atoms with Crippen molar-refractivity contribution in [3.8, 4) is 0 Å². The molecular formula is C19H22O5. The van der Waals surface area contributed by atoms with Gasteiger partial charge in [0.05, 0.1) is 12.0 Å². The van der Waals surface area contributed by atoms with Crippen LogP contribution in [0.4, 0.5) is 0 Å². The number of ether oxygens (including phenoxy) is 1. The van der Waals surface area contributed by atoms with Crippen molar-refractivity contribution in [2.45, 2.75) is 44.3 Å². The number of allylic oxidation sites excluding steroid dienone is 1. The molecule has 4 fully saturated rings. The zero-order valence-corrected chi connectivity index (χ0v) is 13.7. The molecule has 24 heavy (non-hydrogen) atoms. The minimum absolute atomic E-state index is 0.00104. The quantitative estimate of drug-likeness (QED) is 0.567. The fraction of sp³-hybridized carbons (Fsp3) is 0.684. The Morgan fingerprint density at radius 1 is 1.42 bits per heavy atom. The number of carboxylic acid groups (broad SMARTS) is 1. The summed E-state index contributed by atoms with van der Waals surface area (Å²) in [5, 5.41) is 20.7. The Balaban J connectivity index is 1.78. The molecule has 5 heteroatoms. The van der Waals surface area contributed by atoms with Crippen LogP contribution in [0.2, 0.25) is 0 Å². The molecule has 0 aromatic carbocycles. The predicted molar refractivity (Wildman–Crippen MR) is 83.7 cm³/mol. The number of aliphatic hydroxyl groups excluding tert-OH is 1. The number of esters is 1. The minimum atomic E-state index is -1.18. The van der Waals surface area contributed by atoms with Crippen molar-refractivity contribution < 1.29 is 24.5 Å². The van der Waals surface area contributed by atoms with Gasteiger partial charge < -0.3 is 14.9 Å². The summed E-state index contributed by atoms with van der Waals surface area (Å²) in [7, 11) is 0. The van der Waals surface area contributed by atoms with Crippen molar-refractivity contribution in [1.29, 1.82) is 0 Å². The molecule has 128 valence electrons. The highest BCUT2D eigenvalue weighted by Crippen LogP contribution is 2.76. The maximum atomic E-state index is 12.7. The van der Waals surface area contributed by atoms with Crippen LogP contribution in [-0.4, -0.2) is 33.9 Å². The van der Waals surface area contributed by atoms with Gasteiger partial charge in [-0.25, -0.2) is 0 Å². The fourth-order valence-electron chi connectivity index (χ4n) is 7.14. The summed E-state index contributed by atoms with van der Waals surface area (Å²) in [6.07, 6.45) is 5.83. The summed E-state index contributed by atoms with van der Waals surface area (Å²) in [6, 6.07) is 0. The molecule has 0 unspecified atom stereocenters. The average molecular weight is 330 g/mol. The van der Waals surface area contributed by atoms with Crippen molar-refractivity contribution in [1.82, 2.24) is 0 Å². The lowest BCUT2D eigenvalue weighted by Gasteiger charge is -2.42. The molecule has 1 saturated heterocycles. The van der Waals surface area contributed by atoms with Gasteiger partial charge >= 0.3 is 11.9 Å². The molecule has 1 aliphatic heterocycles. The van der Waals surface area contributed by atoms with Gasteiger partial charge in [-0.05, 0) is 50.0 Å². The number of aliphatic hydroxyl groups is 1. The lowest BCUT2D eigenvalue weighted by molar-refractivity contribution is -0.161. The lowest BCUT2D eigenvalue weighted by atomic mass is 9.61. The van der Waals surface area contributed by atoms with Gasteiger partial charge in [-0.3, -0.25) is 9.59 Å². The highest BCUT2D eigenvalue weighted by atomic mass is 16.6. The zero-order valence-electron chi connectivity index (χ0n) is 13.7. The predicted octanol–water partition coefficient (Wildman–Crippen LogP) is 1.91. The van der Waals surface area contributed by atoms with E-state index in [4.69, 9.17) is 4.74 Å². The van der Waals surface area contributed by atoms with Crippen LogP contribution in [0.5, 0.6) is 0 Å². The van der Waals surface area contributed by atoms with Crippen LogP contribution in [0, 0.1) is 34.5 Å². The first-order valence-electron chi connectivity index (χ1n) is 8.79. The molecule has 1 spiro atoms. The highest BCUT2D eigenvalue weighted by Gasteiger charge is 2.82. The van der Waals surface area contributed by atoms with E-state index in [1.54, 1.807) is 13.0 Å². The number of carbonyl (C=O) groups is 2. The van der Waals surface area contributed by atoms with Gasteiger partial charge in [0.1, 0.15) is 11.0 Å². The van der Waals surface area contributed by atoms with Crippen LogP contribution in [0.3, 0.4) is 0 Å². The monoisotopic (exact) mass is 330 g/mol. The van der Waals surface area contributed by atoms with Crippen LogP contribution in [0.15, 0.2) is 24.3 Å². The van der Waals surface area contributed by atoms with Crippen molar-refractivity contribution in [2.75, 3.05) is 0 Å². The van der Waals surface area contributed by atoms with Crippen molar-refractivity contribution in [2.24, 2.45) is 34.5 Å². The maximum Gasteiger partial charge on any atom is 0.316 e. The van der Waals surface area contributed by atoms with E-state index in [0.29, 0.717) is 12.3 Å². The molecule has 0 aromatic heterocycles. The molecule has 4 aliphatic carbocycles. The largest absolute Gasteiger partial charge is 0.481 e. The highest BCUT2D eigenvalue weighted by molar-refractivity contribution is 5.86. The second-order valence-electron chi connectivity index (χ2n) is 8.72. The van der Waals surface area contributed by atoms with Crippen LogP contribution < -0.4 is 0 Å². The number of aliphatic carboxylic acids is 1.